The van der Waals surface area contributed by atoms with Crippen LogP contribution < -0.4 is 16.0 Å². The number of hydrogen-bond donors (Lipinski definition) is 3. The molecule has 26 heavy (non-hydrogen) atoms. The molecular weight excluding hydrogens is 326 g/mol. The Bertz CT molecular complexity index is 623. The first-order valence-electron chi connectivity index (χ1n) is 9.97. The fourth-order valence-electron chi connectivity index (χ4n) is 5.72. The molecule has 0 aromatic heterocycles. The summed E-state index contributed by atoms with van der Waals surface area (Å²) in [6, 6.07) is 9.73. The average Bonchev–Trinajstić information content (AvgIpc) is 2.59. The van der Waals surface area contributed by atoms with Gasteiger partial charge in [-0.1, -0.05) is 30.3 Å². The third-order valence-electron chi connectivity index (χ3n) is 6.39. The molecule has 3 amide bonds. The highest BCUT2D eigenvalue weighted by atomic mass is 16.2. The van der Waals surface area contributed by atoms with Crippen molar-refractivity contribution in [1.29, 1.82) is 0 Å². The van der Waals surface area contributed by atoms with E-state index in [0.717, 1.165) is 42.6 Å². The van der Waals surface area contributed by atoms with Crippen molar-refractivity contribution in [2.45, 2.75) is 57.0 Å². The number of urea groups is 1. The molecule has 0 aliphatic heterocycles. The molecule has 1 aromatic rings. The lowest BCUT2D eigenvalue weighted by molar-refractivity contribution is -0.121. The van der Waals surface area contributed by atoms with Gasteiger partial charge in [0, 0.05) is 25.0 Å². The van der Waals surface area contributed by atoms with Crippen LogP contribution in [0.5, 0.6) is 0 Å². The lowest BCUT2D eigenvalue weighted by atomic mass is 9.53. The van der Waals surface area contributed by atoms with Gasteiger partial charge in [0.1, 0.15) is 0 Å². The number of amides is 3. The lowest BCUT2D eigenvalue weighted by Crippen LogP contribution is -2.61. The third kappa shape index (κ3) is 4.02. The lowest BCUT2D eigenvalue weighted by Gasteiger charge is -2.56. The molecule has 5 heteroatoms. The molecule has 4 bridgehead atoms. The van der Waals surface area contributed by atoms with Crippen molar-refractivity contribution in [3.05, 3.63) is 35.9 Å². The van der Waals surface area contributed by atoms with Crippen LogP contribution in [0, 0.1) is 17.8 Å². The molecule has 0 heterocycles. The van der Waals surface area contributed by atoms with Crippen molar-refractivity contribution in [2.24, 2.45) is 17.8 Å². The number of nitrogens with one attached hydrogen (secondary N) is 3. The maximum absolute atomic E-state index is 12.3. The highest BCUT2D eigenvalue weighted by Gasteiger charge is 2.51. The Morgan fingerprint density at radius 3 is 2.15 bits per heavy atom. The Morgan fingerprint density at radius 2 is 1.54 bits per heavy atom. The summed E-state index contributed by atoms with van der Waals surface area (Å²) in [6.07, 6.45) is 7.83. The molecular formula is C21H29N3O2. The minimum Gasteiger partial charge on any atom is -0.352 e. The molecule has 4 saturated carbocycles. The summed E-state index contributed by atoms with van der Waals surface area (Å²) >= 11 is 0. The Morgan fingerprint density at radius 1 is 0.923 bits per heavy atom. The van der Waals surface area contributed by atoms with Crippen LogP contribution in [-0.4, -0.2) is 24.0 Å². The summed E-state index contributed by atoms with van der Waals surface area (Å²) in [5.74, 6) is 2.39. The van der Waals surface area contributed by atoms with Crippen molar-refractivity contribution in [3.8, 4) is 0 Å². The predicted octanol–water partition coefficient (Wildman–Crippen LogP) is 2.96. The van der Waals surface area contributed by atoms with E-state index in [2.05, 4.69) is 16.0 Å². The van der Waals surface area contributed by atoms with Crippen LogP contribution in [0.4, 0.5) is 4.79 Å². The first-order chi connectivity index (χ1) is 12.6. The molecule has 140 valence electrons. The second-order valence-corrected chi connectivity index (χ2v) is 8.59. The zero-order chi connectivity index (χ0) is 18.0. The Balaban J connectivity index is 1.17. The van der Waals surface area contributed by atoms with Crippen LogP contribution in [-0.2, 0) is 11.3 Å². The van der Waals surface area contributed by atoms with Gasteiger partial charge in [-0.3, -0.25) is 4.79 Å². The van der Waals surface area contributed by atoms with Gasteiger partial charge in [-0.15, -0.1) is 0 Å². The zero-order valence-corrected chi connectivity index (χ0v) is 15.3. The molecule has 0 radical (unpaired) electrons. The van der Waals surface area contributed by atoms with Gasteiger partial charge in [0.2, 0.25) is 5.91 Å². The van der Waals surface area contributed by atoms with E-state index in [1.165, 1.54) is 19.3 Å². The van der Waals surface area contributed by atoms with Crippen LogP contribution >= 0.6 is 0 Å². The predicted molar refractivity (Wildman–Crippen MR) is 100 cm³/mol. The zero-order valence-electron chi connectivity index (χ0n) is 15.3. The molecule has 4 fully saturated rings. The highest BCUT2D eigenvalue weighted by molar-refractivity contribution is 5.78. The van der Waals surface area contributed by atoms with E-state index < -0.39 is 0 Å². The highest BCUT2D eigenvalue weighted by Crippen LogP contribution is 2.55. The van der Waals surface area contributed by atoms with Gasteiger partial charge < -0.3 is 16.0 Å². The normalized spacial score (nSPS) is 31.5. The number of benzene rings is 1. The third-order valence-corrected chi connectivity index (χ3v) is 6.39. The smallest absolute Gasteiger partial charge is 0.315 e. The molecule has 1 aromatic carbocycles. The summed E-state index contributed by atoms with van der Waals surface area (Å²) < 4.78 is 0. The van der Waals surface area contributed by atoms with Crippen LogP contribution in [0.3, 0.4) is 0 Å². The SMILES string of the molecule is O=C(CCNC(=O)NC12CC3CC(CC(C3)C1)C2)NCc1ccccc1. The quantitative estimate of drug-likeness (QED) is 0.734. The minimum atomic E-state index is -0.109. The summed E-state index contributed by atoms with van der Waals surface area (Å²) in [6.45, 7) is 0.901. The number of carbonyl (C=O) groups excluding carboxylic acids is 2. The average molecular weight is 355 g/mol. The van der Waals surface area contributed by atoms with Gasteiger partial charge >= 0.3 is 6.03 Å². The topological polar surface area (TPSA) is 70.2 Å². The van der Waals surface area contributed by atoms with Gasteiger partial charge in [0.05, 0.1) is 0 Å². The van der Waals surface area contributed by atoms with Crippen LogP contribution in [0.2, 0.25) is 0 Å². The molecule has 3 N–H and O–H groups in total. The first-order valence-corrected chi connectivity index (χ1v) is 9.97. The van der Waals surface area contributed by atoms with E-state index in [9.17, 15) is 9.59 Å². The molecule has 5 nitrogen and oxygen atoms in total. The molecule has 0 saturated heterocycles. The van der Waals surface area contributed by atoms with Gasteiger partial charge in [-0.05, 0) is 61.8 Å². The van der Waals surface area contributed by atoms with Gasteiger partial charge in [-0.25, -0.2) is 4.79 Å². The van der Waals surface area contributed by atoms with Crippen molar-refractivity contribution >= 4 is 11.9 Å². The summed E-state index contributed by atoms with van der Waals surface area (Å²) in [5, 5.41) is 9.04. The van der Waals surface area contributed by atoms with Crippen molar-refractivity contribution in [3.63, 3.8) is 0 Å². The van der Waals surface area contributed by atoms with E-state index in [1.807, 2.05) is 30.3 Å². The first kappa shape index (κ1) is 17.4. The van der Waals surface area contributed by atoms with E-state index in [4.69, 9.17) is 0 Å². The number of hydrogen-bond acceptors (Lipinski definition) is 2. The standard InChI is InChI=1S/C21H29N3O2/c25-19(23-14-15-4-2-1-3-5-15)6-7-22-20(26)24-21-11-16-8-17(12-21)10-18(9-16)13-21/h1-5,16-18H,6-14H2,(H,23,25)(H2,22,24,26). The monoisotopic (exact) mass is 355 g/mol. The summed E-state index contributed by atoms with van der Waals surface area (Å²) in [4.78, 5) is 24.3. The largest absolute Gasteiger partial charge is 0.352 e. The van der Waals surface area contributed by atoms with E-state index in [1.54, 1.807) is 0 Å². The Labute approximate surface area is 155 Å². The fraction of sp³-hybridized carbons (Fsp3) is 0.619. The second-order valence-electron chi connectivity index (χ2n) is 8.59. The van der Waals surface area contributed by atoms with Crippen LogP contribution in [0.15, 0.2) is 30.3 Å². The summed E-state index contributed by atoms with van der Waals surface area (Å²) in [7, 11) is 0. The Kier molecular flexibility index (Phi) is 4.88. The second kappa shape index (κ2) is 7.29. The van der Waals surface area contributed by atoms with Crippen molar-refractivity contribution < 1.29 is 9.59 Å². The molecule has 0 unspecified atom stereocenters. The molecule has 0 atom stereocenters. The maximum Gasteiger partial charge on any atom is 0.315 e. The molecule has 5 rings (SSSR count). The van der Waals surface area contributed by atoms with Crippen molar-refractivity contribution in [1.82, 2.24) is 16.0 Å². The molecule has 4 aliphatic rings. The number of carbonyl (C=O) groups is 2. The molecule has 4 aliphatic carbocycles. The number of rotatable bonds is 6. The fourth-order valence-corrected chi connectivity index (χ4v) is 5.72. The Hall–Kier alpha value is -2.04. The molecule has 0 spiro atoms. The van der Waals surface area contributed by atoms with Gasteiger partial charge in [-0.2, -0.15) is 0 Å². The van der Waals surface area contributed by atoms with E-state index >= 15 is 0 Å². The summed E-state index contributed by atoms with van der Waals surface area (Å²) in [5.41, 5.74) is 1.10. The maximum atomic E-state index is 12.3. The van der Waals surface area contributed by atoms with Gasteiger partial charge in [0.15, 0.2) is 0 Å². The van der Waals surface area contributed by atoms with Crippen LogP contribution in [0.1, 0.15) is 50.5 Å². The van der Waals surface area contributed by atoms with Crippen molar-refractivity contribution in [2.75, 3.05) is 6.54 Å². The minimum absolute atomic E-state index is 0.0222. The van der Waals surface area contributed by atoms with E-state index in [0.29, 0.717) is 19.5 Å². The van der Waals surface area contributed by atoms with Crippen LogP contribution in [0.25, 0.3) is 0 Å². The van der Waals surface area contributed by atoms with E-state index in [-0.39, 0.29) is 17.5 Å². The van der Waals surface area contributed by atoms with Gasteiger partial charge in [0.25, 0.3) is 0 Å².